The quantitative estimate of drug-likeness (QED) is 0.545. The molecule has 0 aliphatic heterocycles. The number of methoxy groups -OCH3 is 1. The maximum absolute atomic E-state index is 13.7. The average molecular weight is 464 g/mol. The number of rotatable bonds is 9. The maximum Gasteiger partial charge on any atom is 0.408 e. The fourth-order valence-electron chi connectivity index (χ4n) is 3.19. The first-order valence-corrected chi connectivity index (χ1v) is 11.0. The van der Waals surface area contributed by atoms with Gasteiger partial charge in [0.25, 0.3) is 0 Å². The van der Waals surface area contributed by atoms with Crippen LogP contribution in [0.5, 0.6) is 0 Å². The van der Waals surface area contributed by atoms with E-state index in [2.05, 4.69) is 15.4 Å². The highest BCUT2D eigenvalue weighted by Crippen LogP contribution is 2.26. The SMILES string of the molecule is COC(=O)CNC(=O)C(c1ccccc1)N(C(=O)C(NC(=O)OC(C)(C)C)C(C)C)C(C)C. The van der Waals surface area contributed by atoms with E-state index < -0.39 is 47.6 Å². The van der Waals surface area contributed by atoms with Gasteiger partial charge >= 0.3 is 12.1 Å². The molecule has 0 saturated heterocycles. The molecule has 0 spiro atoms. The zero-order chi connectivity index (χ0) is 25.3. The summed E-state index contributed by atoms with van der Waals surface area (Å²) in [7, 11) is 1.22. The number of esters is 1. The van der Waals surface area contributed by atoms with E-state index in [0.717, 1.165) is 0 Å². The molecule has 0 aliphatic carbocycles. The van der Waals surface area contributed by atoms with Crippen LogP contribution in [0.4, 0.5) is 4.79 Å². The van der Waals surface area contributed by atoms with Gasteiger partial charge in [-0.15, -0.1) is 0 Å². The summed E-state index contributed by atoms with van der Waals surface area (Å²) in [6.45, 7) is 12.0. The van der Waals surface area contributed by atoms with Crippen LogP contribution in [-0.2, 0) is 23.9 Å². The van der Waals surface area contributed by atoms with E-state index >= 15 is 0 Å². The normalized spacial score (nSPS) is 13.2. The Balaban J connectivity index is 3.34. The molecule has 1 aromatic rings. The number of carbonyl (C=O) groups is 4. The molecule has 9 nitrogen and oxygen atoms in total. The van der Waals surface area contributed by atoms with Crippen LogP contribution in [0.2, 0.25) is 0 Å². The molecule has 33 heavy (non-hydrogen) atoms. The van der Waals surface area contributed by atoms with Gasteiger partial charge in [0.2, 0.25) is 11.8 Å². The molecule has 0 aromatic heterocycles. The van der Waals surface area contributed by atoms with Crippen LogP contribution in [-0.4, -0.2) is 60.1 Å². The Kier molecular flexibility index (Phi) is 10.3. The number of alkyl carbamates (subject to hydrolysis) is 1. The van der Waals surface area contributed by atoms with Gasteiger partial charge in [0.15, 0.2) is 0 Å². The standard InChI is InChI=1S/C24H37N3O6/c1-15(2)19(26-23(31)33-24(5,6)7)22(30)27(16(3)4)20(17-12-10-9-11-13-17)21(29)25-14-18(28)32-8/h9-13,15-16,19-20H,14H2,1-8H3,(H,25,29)(H,26,31). The third-order valence-corrected chi connectivity index (χ3v) is 4.69. The number of hydrogen-bond acceptors (Lipinski definition) is 6. The zero-order valence-corrected chi connectivity index (χ0v) is 20.8. The average Bonchev–Trinajstić information content (AvgIpc) is 2.72. The Morgan fingerprint density at radius 1 is 1.00 bits per heavy atom. The minimum Gasteiger partial charge on any atom is -0.468 e. The van der Waals surface area contributed by atoms with Crippen LogP contribution in [0.1, 0.15) is 60.1 Å². The molecule has 0 bridgehead atoms. The lowest BCUT2D eigenvalue weighted by Crippen LogP contribution is -2.56. The van der Waals surface area contributed by atoms with Gasteiger partial charge in [-0.25, -0.2) is 4.79 Å². The third kappa shape index (κ3) is 8.75. The van der Waals surface area contributed by atoms with Crippen molar-refractivity contribution in [2.75, 3.05) is 13.7 Å². The molecular formula is C24H37N3O6. The summed E-state index contributed by atoms with van der Waals surface area (Å²) in [5.41, 5.74) is -0.158. The molecule has 184 valence electrons. The fourth-order valence-corrected chi connectivity index (χ4v) is 3.19. The number of hydrogen-bond donors (Lipinski definition) is 2. The van der Waals surface area contributed by atoms with Gasteiger partial charge in [0.05, 0.1) is 7.11 Å². The largest absolute Gasteiger partial charge is 0.468 e. The Hall–Kier alpha value is -3.10. The smallest absolute Gasteiger partial charge is 0.408 e. The molecule has 0 radical (unpaired) electrons. The summed E-state index contributed by atoms with van der Waals surface area (Å²) in [5.74, 6) is -1.86. The van der Waals surface area contributed by atoms with Crippen molar-refractivity contribution in [1.29, 1.82) is 0 Å². The van der Waals surface area contributed by atoms with Crippen molar-refractivity contribution in [3.05, 3.63) is 35.9 Å². The van der Waals surface area contributed by atoms with E-state index in [1.165, 1.54) is 12.0 Å². The molecule has 0 heterocycles. The number of benzene rings is 1. The zero-order valence-electron chi connectivity index (χ0n) is 20.8. The first-order valence-electron chi connectivity index (χ1n) is 11.0. The molecule has 9 heteroatoms. The van der Waals surface area contributed by atoms with E-state index in [1.807, 2.05) is 0 Å². The van der Waals surface area contributed by atoms with Crippen LogP contribution in [0.3, 0.4) is 0 Å². The van der Waals surface area contributed by atoms with Crippen LogP contribution >= 0.6 is 0 Å². The summed E-state index contributed by atoms with van der Waals surface area (Å²) >= 11 is 0. The van der Waals surface area contributed by atoms with Crippen molar-refractivity contribution >= 4 is 23.9 Å². The van der Waals surface area contributed by atoms with Crippen LogP contribution in [0, 0.1) is 5.92 Å². The highest BCUT2D eigenvalue weighted by molar-refractivity contribution is 5.93. The lowest BCUT2D eigenvalue weighted by Gasteiger charge is -2.38. The topological polar surface area (TPSA) is 114 Å². The Bertz CT molecular complexity index is 817. The predicted octanol–water partition coefficient (Wildman–Crippen LogP) is 2.80. The van der Waals surface area contributed by atoms with Crippen molar-refractivity contribution < 1.29 is 28.7 Å². The highest BCUT2D eigenvalue weighted by atomic mass is 16.6. The highest BCUT2D eigenvalue weighted by Gasteiger charge is 2.38. The summed E-state index contributed by atoms with van der Waals surface area (Å²) in [5, 5.41) is 5.20. The Labute approximate surface area is 196 Å². The van der Waals surface area contributed by atoms with Crippen LogP contribution in [0.25, 0.3) is 0 Å². The van der Waals surface area contributed by atoms with Crippen molar-refractivity contribution in [2.24, 2.45) is 5.92 Å². The number of nitrogens with zero attached hydrogens (tertiary/aromatic N) is 1. The van der Waals surface area contributed by atoms with Crippen molar-refractivity contribution in [2.45, 2.75) is 72.2 Å². The molecule has 2 atom stereocenters. The van der Waals surface area contributed by atoms with Gasteiger partial charge in [-0.2, -0.15) is 0 Å². The summed E-state index contributed by atoms with van der Waals surface area (Å²) < 4.78 is 9.93. The minimum atomic E-state index is -1.02. The maximum atomic E-state index is 13.7. The van der Waals surface area contributed by atoms with E-state index in [9.17, 15) is 19.2 Å². The molecule has 1 rings (SSSR count). The molecule has 1 aromatic carbocycles. The molecule has 2 unspecified atom stereocenters. The fraction of sp³-hybridized carbons (Fsp3) is 0.583. The number of carbonyl (C=O) groups excluding carboxylic acids is 4. The summed E-state index contributed by atoms with van der Waals surface area (Å²) in [6.07, 6.45) is -0.718. The summed E-state index contributed by atoms with van der Waals surface area (Å²) in [6, 6.07) is 6.44. The molecule has 3 amide bonds. The van der Waals surface area contributed by atoms with Crippen LogP contribution in [0.15, 0.2) is 30.3 Å². The van der Waals surface area contributed by atoms with Gasteiger partial charge in [-0.3, -0.25) is 14.4 Å². The monoisotopic (exact) mass is 463 g/mol. The lowest BCUT2D eigenvalue weighted by molar-refractivity contribution is -0.146. The number of amides is 3. The van der Waals surface area contributed by atoms with Gasteiger partial charge in [-0.05, 0) is 46.1 Å². The van der Waals surface area contributed by atoms with Gasteiger partial charge < -0.3 is 25.0 Å². The molecule has 0 fully saturated rings. The van der Waals surface area contributed by atoms with E-state index in [4.69, 9.17) is 4.74 Å². The van der Waals surface area contributed by atoms with Crippen molar-refractivity contribution in [3.63, 3.8) is 0 Å². The van der Waals surface area contributed by atoms with Gasteiger partial charge in [0, 0.05) is 6.04 Å². The van der Waals surface area contributed by atoms with E-state index in [-0.39, 0.29) is 12.5 Å². The van der Waals surface area contributed by atoms with Crippen molar-refractivity contribution in [1.82, 2.24) is 15.5 Å². The summed E-state index contributed by atoms with van der Waals surface area (Å²) in [4.78, 5) is 52.3. The molecular weight excluding hydrogens is 426 g/mol. The Morgan fingerprint density at radius 2 is 1.58 bits per heavy atom. The van der Waals surface area contributed by atoms with Gasteiger partial charge in [-0.1, -0.05) is 44.2 Å². The van der Waals surface area contributed by atoms with Gasteiger partial charge in [0.1, 0.15) is 24.2 Å². The number of ether oxygens (including phenoxy) is 2. The first kappa shape index (κ1) is 27.9. The third-order valence-electron chi connectivity index (χ3n) is 4.69. The molecule has 2 N–H and O–H groups in total. The lowest BCUT2D eigenvalue weighted by atomic mass is 9.97. The minimum absolute atomic E-state index is 0.277. The number of nitrogens with one attached hydrogen (secondary N) is 2. The first-order chi connectivity index (χ1) is 15.3. The predicted molar refractivity (Wildman–Crippen MR) is 124 cm³/mol. The van der Waals surface area contributed by atoms with Crippen LogP contribution < -0.4 is 10.6 Å². The van der Waals surface area contributed by atoms with E-state index in [1.54, 1.807) is 78.8 Å². The second kappa shape index (κ2) is 12.2. The van der Waals surface area contributed by atoms with Crippen molar-refractivity contribution in [3.8, 4) is 0 Å². The molecule has 0 aliphatic rings. The van der Waals surface area contributed by atoms with E-state index in [0.29, 0.717) is 5.56 Å². The Morgan fingerprint density at radius 3 is 2.03 bits per heavy atom. The second-order valence-corrected chi connectivity index (χ2v) is 9.31. The molecule has 0 saturated carbocycles. The second-order valence-electron chi connectivity index (χ2n) is 9.31.